The molecule has 0 bridgehead atoms. The molecule has 2 heterocycles. The van der Waals surface area contributed by atoms with Gasteiger partial charge in [-0.25, -0.2) is 4.98 Å². The number of carbonyl (C=O) groups is 1. The topological polar surface area (TPSA) is 69.0 Å². The molecule has 1 aliphatic rings. The lowest BCUT2D eigenvalue weighted by atomic mass is 10.1. The average Bonchev–Trinajstić information content (AvgIpc) is 3.24. The quantitative estimate of drug-likeness (QED) is 0.916. The molecule has 118 valence electrons. The average molecular weight is 326 g/mol. The van der Waals surface area contributed by atoms with Gasteiger partial charge in [-0.1, -0.05) is 12.1 Å². The summed E-state index contributed by atoms with van der Waals surface area (Å²) < 4.78 is 0. The van der Waals surface area contributed by atoms with E-state index in [0.717, 1.165) is 30.2 Å². The van der Waals surface area contributed by atoms with Crippen molar-refractivity contribution in [2.75, 3.05) is 18.0 Å². The molecule has 2 aromatic rings. The molecule has 1 unspecified atom stereocenters. The molecule has 0 spiro atoms. The van der Waals surface area contributed by atoms with Crippen molar-refractivity contribution in [1.82, 2.24) is 10.3 Å². The lowest BCUT2D eigenvalue weighted by Crippen LogP contribution is -2.37. The summed E-state index contributed by atoms with van der Waals surface area (Å²) in [4.78, 5) is 18.6. The highest BCUT2D eigenvalue weighted by atomic mass is 32.1. The number of thiazole rings is 1. The molecule has 1 N–H and O–H groups in total. The van der Waals surface area contributed by atoms with Crippen molar-refractivity contribution in [1.29, 1.82) is 5.26 Å². The standard InChI is InChI=1S/C17H18N4OS/c18-11-14-3-1-13(2-4-14)5-6-16(22)20-15-7-9-21(12-15)17-19-8-10-23-17/h1-4,8,10,15H,5-7,9,12H2,(H,20,22). The van der Waals surface area contributed by atoms with Crippen LogP contribution < -0.4 is 10.2 Å². The predicted octanol–water partition coefficient (Wildman–Crippen LogP) is 2.34. The number of hydrogen-bond acceptors (Lipinski definition) is 5. The van der Waals surface area contributed by atoms with Crippen LogP contribution in [-0.2, 0) is 11.2 Å². The third kappa shape index (κ3) is 4.08. The van der Waals surface area contributed by atoms with Crippen LogP contribution in [0, 0.1) is 11.3 Å². The Balaban J connectivity index is 1.44. The minimum Gasteiger partial charge on any atom is -0.352 e. The Morgan fingerprint density at radius 3 is 2.96 bits per heavy atom. The van der Waals surface area contributed by atoms with Crippen molar-refractivity contribution in [2.45, 2.75) is 25.3 Å². The second-order valence-electron chi connectivity index (χ2n) is 5.62. The van der Waals surface area contributed by atoms with Gasteiger partial charge in [-0.3, -0.25) is 4.79 Å². The fraction of sp³-hybridized carbons (Fsp3) is 0.353. The van der Waals surface area contributed by atoms with Crippen molar-refractivity contribution in [3.05, 3.63) is 47.0 Å². The number of anilines is 1. The maximum atomic E-state index is 12.1. The minimum atomic E-state index is 0.0837. The number of hydrogen-bond donors (Lipinski definition) is 1. The number of aryl methyl sites for hydroxylation is 1. The van der Waals surface area contributed by atoms with E-state index >= 15 is 0 Å². The van der Waals surface area contributed by atoms with Gasteiger partial charge in [-0.2, -0.15) is 5.26 Å². The molecule has 0 aliphatic carbocycles. The molecule has 1 saturated heterocycles. The molecular formula is C17H18N4OS. The molecule has 23 heavy (non-hydrogen) atoms. The third-order valence-electron chi connectivity index (χ3n) is 3.97. The summed E-state index contributed by atoms with van der Waals surface area (Å²) in [6.07, 6.45) is 3.94. The summed E-state index contributed by atoms with van der Waals surface area (Å²) in [6, 6.07) is 9.69. The number of amides is 1. The summed E-state index contributed by atoms with van der Waals surface area (Å²) >= 11 is 1.63. The van der Waals surface area contributed by atoms with Crippen LogP contribution in [0.25, 0.3) is 0 Å². The normalized spacial score (nSPS) is 17.0. The SMILES string of the molecule is N#Cc1ccc(CCC(=O)NC2CCN(c3nccs3)C2)cc1. The van der Waals surface area contributed by atoms with Gasteiger partial charge in [0.05, 0.1) is 11.6 Å². The number of nitrogens with one attached hydrogen (secondary N) is 1. The van der Waals surface area contributed by atoms with E-state index in [0.29, 0.717) is 18.4 Å². The minimum absolute atomic E-state index is 0.0837. The fourth-order valence-electron chi connectivity index (χ4n) is 2.73. The van der Waals surface area contributed by atoms with Crippen LogP contribution in [0.3, 0.4) is 0 Å². The summed E-state index contributed by atoms with van der Waals surface area (Å²) in [5.74, 6) is 0.0837. The number of benzene rings is 1. The molecule has 0 saturated carbocycles. The van der Waals surface area contributed by atoms with Crippen LogP contribution in [-0.4, -0.2) is 30.0 Å². The van der Waals surface area contributed by atoms with Gasteiger partial charge < -0.3 is 10.2 Å². The maximum Gasteiger partial charge on any atom is 0.220 e. The summed E-state index contributed by atoms with van der Waals surface area (Å²) in [6.45, 7) is 1.77. The van der Waals surface area contributed by atoms with E-state index in [-0.39, 0.29) is 11.9 Å². The molecule has 1 amide bonds. The van der Waals surface area contributed by atoms with E-state index in [1.807, 2.05) is 23.7 Å². The van der Waals surface area contributed by atoms with Crippen molar-refractivity contribution in [2.24, 2.45) is 0 Å². The number of nitrogens with zero attached hydrogens (tertiary/aromatic N) is 3. The van der Waals surface area contributed by atoms with E-state index in [1.54, 1.807) is 23.5 Å². The summed E-state index contributed by atoms with van der Waals surface area (Å²) in [5, 5.41) is 14.9. The molecule has 1 aliphatic heterocycles. The Morgan fingerprint density at radius 1 is 1.43 bits per heavy atom. The highest BCUT2D eigenvalue weighted by Crippen LogP contribution is 2.22. The van der Waals surface area contributed by atoms with Crippen LogP contribution in [0.5, 0.6) is 0 Å². The number of aromatic nitrogens is 1. The first-order valence-electron chi connectivity index (χ1n) is 7.67. The van der Waals surface area contributed by atoms with E-state index in [9.17, 15) is 4.79 Å². The summed E-state index contributed by atoms with van der Waals surface area (Å²) in [7, 11) is 0. The summed E-state index contributed by atoms with van der Waals surface area (Å²) in [5.41, 5.74) is 1.72. The highest BCUT2D eigenvalue weighted by molar-refractivity contribution is 7.13. The smallest absolute Gasteiger partial charge is 0.220 e. The third-order valence-corrected chi connectivity index (χ3v) is 4.80. The Hall–Kier alpha value is -2.39. The van der Waals surface area contributed by atoms with Gasteiger partial charge in [0.25, 0.3) is 0 Å². The molecule has 3 rings (SSSR count). The first-order valence-corrected chi connectivity index (χ1v) is 8.55. The van der Waals surface area contributed by atoms with Gasteiger partial charge in [-0.05, 0) is 30.5 Å². The van der Waals surface area contributed by atoms with Crippen molar-refractivity contribution < 1.29 is 4.79 Å². The zero-order valence-corrected chi connectivity index (χ0v) is 13.6. The van der Waals surface area contributed by atoms with Gasteiger partial charge >= 0.3 is 0 Å². The van der Waals surface area contributed by atoms with E-state index in [2.05, 4.69) is 21.3 Å². The van der Waals surface area contributed by atoms with Crippen molar-refractivity contribution in [3.8, 4) is 6.07 Å². The first kappa shape index (κ1) is 15.5. The van der Waals surface area contributed by atoms with Gasteiger partial charge in [0, 0.05) is 37.1 Å². The maximum absolute atomic E-state index is 12.1. The monoisotopic (exact) mass is 326 g/mol. The Bertz CT molecular complexity index is 690. The molecule has 0 radical (unpaired) electrons. The molecule has 1 aromatic carbocycles. The van der Waals surface area contributed by atoms with Gasteiger partial charge in [0.15, 0.2) is 5.13 Å². The highest BCUT2D eigenvalue weighted by Gasteiger charge is 2.25. The molecular weight excluding hydrogens is 308 g/mol. The number of rotatable bonds is 5. The molecule has 6 heteroatoms. The second-order valence-corrected chi connectivity index (χ2v) is 6.50. The molecule has 1 fully saturated rings. The largest absolute Gasteiger partial charge is 0.352 e. The van der Waals surface area contributed by atoms with Crippen LogP contribution >= 0.6 is 11.3 Å². The predicted molar refractivity (Wildman–Crippen MR) is 90.4 cm³/mol. The van der Waals surface area contributed by atoms with Gasteiger partial charge in [-0.15, -0.1) is 11.3 Å². The lowest BCUT2D eigenvalue weighted by Gasteiger charge is -2.15. The number of nitriles is 1. The zero-order valence-electron chi connectivity index (χ0n) is 12.7. The van der Waals surface area contributed by atoms with E-state index < -0.39 is 0 Å². The first-order chi connectivity index (χ1) is 11.2. The van der Waals surface area contributed by atoms with Crippen LogP contribution in [0.4, 0.5) is 5.13 Å². The van der Waals surface area contributed by atoms with E-state index in [4.69, 9.17) is 5.26 Å². The van der Waals surface area contributed by atoms with Gasteiger partial charge in [0.2, 0.25) is 5.91 Å². The Labute approximate surface area is 139 Å². The van der Waals surface area contributed by atoms with Crippen molar-refractivity contribution >= 4 is 22.4 Å². The van der Waals surface area contributed by atoms with Crippen LogP contribution in [0.15, 0.2) is 35.8 Å². The molecule has 5 nitrogen and oxygen atoms in total. The Kier molecular flexibility index (Phi) is 4.89. The van der Waals surface area contributed by atoms with Gasteiger partial charge in [0.1, 0.15) is 0 Å². The second kappa shape index (κ2) is 7.25. The molecule has 1 atom stereocenters. The van der Waals surface area contributed by atoms with Crippen molar-refractivity contribution in [3.63, 3.8) is 0 Å². The van der Waals surface area contributed by atoms with E-state index in [1.165, 1.54) is 0 Å². The zero-order chi connectivity index (χ0) is 16.1. The number of carbonyl (C=O) groups excluding carboxylic acids is 1. The van der Waals surface area contributed by atoms with Crippen LogP contribution in [0.1, 0.15) is 24.0 Å². The Morgan fingerprint density at radius 2 is 2.26 bits per heavy atom. The van der Waals surface area contributed by atoms with Crippen LogP contribution in [0.2, 0.25) is 0 Å². The fourth-order valence-corrected chi connectivity index (χ4v) is 3.41. The molecule has 1 aromatic heterocycles. The lowest BCUT2D eigenvalue weighted by molar-refractivity contribution is -0.121.